The Morgan fingerprint density at radius 1 is 0.964 bits per heavy atom. The van der Waals surface area contributed by atoms with Gasteiger partial charge in [-0.15, -0.1) is 0 Å². The summed E-state index contributed by atoms with van der Waals surface area (Å²) in [5.41, 5.74) is 1.09. The second-order valence-corrected chi connectivity index (χ2v) is 5.98. The summed E-state index contributed by atoms with van der Waals surface area (Å²) < 4.78 is 5.26. The third-order valence-corrected chi connectivity index (χ3v) is 3.82. The molecule has 8 nitrogen and oxygen atoms in total. The summed E-state index contributed by atoms with van der Waals surface area (Å²) in [6.45, 7) is 1.76. The minimum absolute atomic E-state index is 0.126. The molecule has 1 aromatic carbocycles. The molecule has 28 heavy (non-hydrogen) atoms. The van der Waals surface area contributed by atoms with Crippen molar-refractivity contribution in [3.05, 3.63) is 42.6 Å². The van der Waals surface area contributed by atoms with Crippen LogP contribution in [0.15, 0.2) is 42.6 Å². The maximum absolute atomic E-state index is 12.1. The van der Waals surface area contributed by atoms with Gasteiger partial charge in [0.1, 0.15) is 11.6 Å². The van der Waals surface area contributed by atoms with Crippen molar-refractivity contribution >= 4 is 34.9 Å². The summed E-state index contributed by atoms with van der Waals surface area (Å²) in [4.78, 5) is 39.5. The molecular formula is C20H24N4O4. The van der Waals surface area contributed by atoms with Crippen molar-refractivity contribution in [3.63, 3.8) is 0 Å². The molecule has 0 bridgehead atoms. The maximum Gasteiger partial charge on any atom is 0.225 e. The van der Waals surface area contributed by atoms with Crippen molar-refractivity contribution in [2.75, 3.05) is 23.1 Å². The zero-order chi connectivity index (χ0) is 20.4. The van der Waals surface area contributed by atoms with Crippen molar-refractivity contribution in [3.8, 4) is 5.75 Å². The van der Waals surface area contributed by atoms with Crippen LogP contribution in [0.1, 0.15) is 32.6 Å². The van der Waals surface area contributed by atoms with Crippen LogP contribution in [0.5, 0.6) is 5.75 Å². The van der Waals surface area contributed by atoms with Gasteiger partial charge in [-0.1, -0.05) is 13.0 Å². The molecule has 2 rings (SSSR count). The number of rotatable bonds is 9. The number of carbonyl (C=O) groups excluding carboxylic acids is 3. The highest BCUT2D eigenvalue weighted by atomic mass is 16.5. The Bertz CT molecular complexity index is 824. The highest BCUT2D eigenvalue weighted by Gasteiger charge is 2.10. The van der Waals surface area contributed by atoms with Gasteiger partial charge in [0.05, 0.1) is 12.8 Å². The third-order valence-electron chi connectivity index (χ3n) is 3.82. The Morgan fingerprint density at radius 2 is 1.71 bits per heavy atom. The number of carbonyl (C=O) groups is 3. The average molecular weight is 384 g/mol. The average Bonchev–Trinajstić information content (AvgIpc) is 2.69. The van der Waals surface area contributed by atoms with E-state index in [1.54, 1.807) is 49.5 Å². The van der Waals surface area contributed by atoms with E-state index in [2.05, 4.69) is 20.9 Å². The molecule has 3 amide bonds. The lowest BCUT2D eigenvalue weighted by Gasteiger charge is -2.12. The van der Waals surface area contributed by atoms with E-state index in [1.807, 2.05) is 0 Å². The Balaban J connectivity index is 1.80. The second kappa shape index (κ2) is 10.7. The molecular weight excluding hydrogens is 360 g/mol. The summed E-state index contributed by atoms with van der Waals surface area (Å²) in [5.74, 6) is 0.412. The Morgan fingerprint density at radius 3 is 2.36 bits per heavy atom. The Labute approximate surface area is 163 Å². The van der Waals surface area contributed by atoms with Crippen LogP contribution in [-0.2, 0) is 14.4 Å². The zero-order valence-corrected chi connectivity index (χ0v) is 16.0. The molecule has 0 aliphatic rings. The monoisotopic (exact) mass is 384 g/mol. The van der Waals surface area contributed by atoms with Gasteiger partial charge in [0.25, 0.3) is 0 Å². The van der Waals surface area contributed by atoms with Gasteiger partial charge in [-0.2, -0.15) is 0 Å². The summed E-state index contributed by atoms with van der Waals surface area (Å²) >= 11 is 0. The third kappa shape index (κ3) is 6.71. The van der Waals surface area contributed by atoms with Crippen molar-refractivity contribution in [1.82, 2.24) is 4.98 Å². The largest absolute Gasteiger partial charge is 0.494 e. The van der Waals surface area contributed by atoms with E-state index < -0.39 is 0 Å². The van der Waals surface area contributed by atoms with Crippen LogP contribution in [0.4, 0.5) is 17.2 Å². The number of anilines is 3. The standard InChI is InChI=1S/C20H24N4O4/c1-3-18(25)23-15-11-10-14(13-16(15)28-2)22-19(26)8-6-9-20(27)24-17-7-4-5-12-21-17/h4-5,7,10-13H,3,6,8-9H2,1-2H3,(H,22,26)(H,23,25)(H,21,24,27). The number of hydrogen-bond donors (Lipinski definition) is 3. The molecule has 1 aromatic heterocycles. The number of ether oxygens (including phenoxy) is 1. The van der Waals surface area contributed by atoms with E-state index in [4.69, 9.17) is 4.74 Å². The van der Waals surface area contributed by atoms with Crippen LogP contribution in [0, 0.1) is 0 Å². The lowest BCUT2D eigenvalue weighted by Crippen LogP contribution is -2.15. The molecule has 3 N–H and O–H groups in total. The van der Waals surface area contributed by atoms with Gasteiger partial charge in [-0.05, 0) is 30.7 Å². The number of hydrogen-bond acceptors (Lipinski definition) is 5. The van der Waals surface area contributed by atoms with E-state index in [0.717, 1.165) is 0 Å². The quantitative estimate of drug-likeness (QED) is 0.615. The highest BCUT2D eigenvalue weighted by Crippen LogP contribution is 2.28. The van der Waals surface area contributed by atoms with E-state index in [1.165, 1.54) is 7.11 Å². The number of amides is 3. The first-order valence-corrected chi connectivity index (χ1v) is 9.00. The molecule has 1 heterocycles. The van der Waals surface area contributed by atoms with Gasteiger partial charge >= 0.3 is 0 Å². The lowest BCUT2D eigenvalue weighted by atomic mass is 10.2. The van der Waals surface area contributed by atoms with Crippen LogP contribution in [0.3, 0.4) is 0 Å². The fourth-order valence-corrected chi connectivity index (χ4v) is 2.39. The lowest BCUT2D eigenvalue weighted by molar-refractivity contribution is -0.118. The Hall–Kier alpha value is -3.42. The molecule has 0 spiro atoms. The number of nitrogens with zero attached hydrogens (tertiary/aromatic N) is 1. The molecule has 8 heteroatoms. The number of benzene rings is 1. The van der Waals surface area contributed by atoms with Crippen molar-refractivity contribution < 1.29 is 19.1 Å². The molecule has 0 unspecified atom stereocenters. The van der Waals surface area contributed by atoms with E-state index in [9.17, 15) is 14.4 Å². The van der Waals surface area contributed by atoms with Gasteiger partial charge in [-0.25, -0.2) is 4.98 Å². The molecule has 2 aromatic rings. The topological polar surface area (TPSA) is 109 Å². The van der Waals surface area contributed by atoms with E-state index >= 15 is 0 Å². The van der Waals surface area contributed by atoms with Crippen molar-refractivity contribution in [2.24, 2.45) is 0 Å². The first kappa shape index (κ1) is 20.9. The fourth-order valence-electron chi connectivity index (χ4n) is 2.39. The zero-order valence-electron chi connectivity index (χ0n) is 16.0. The van der Waals surface area contributed by atoms with Gasteiger partial charge in [0, 0.05) is 37.2 Å². The highest BCUT2D eigenvalue weighted by molar-refractivity contribution is 5.95. The summed E-state index contributed by atoms with van der Waals surface area (Å²) in [6.07, 6.45) is 2.78. The summed E-state index contributed by atoms with van der Waals surface area (Å²) in [5, 5.41) is 8.17. The number of methoxy groups -OCH3 is 1. The predicted octanol–water partition coefficient (Wildman–Crippen LogP) is 3.19. The molecule has 0 atom stereocenters. The first-order valence-electron chi connectivity index (χ1n) is 9.00. The smallest absolute Gasteiger partial charge is 0.225 e. The number of aromatic nitrogens is 1. The summed E-state index contributed by atoms with van der Waals surface area (Å²) in [6, 6.07) is 10.2. The minimum atomic E-state index is -0.210. The van der Waals surface area contributed by atoms with Crippen LogP contribution < -0.4 is 20.7 Å². The van der Waals surface area contributed by atoms with E-state index in [0.29, 0.717) is 35.8 Å². The molecule has 0 fully saturated rings. The van der Waals surface area contributed by atoms with Gasteiger partial charge in [0.15, 0.2) is 0 Å². The molecule has 0 saturated heterocycles. The fraction of sp³-hybridized carbons (Fsp3) is 0.300. The van der Waals surface area contributed by atoms with E-state index in [-0.39, 0.29) is 30.6 Å². The van der Waals surface area contributed by atoms with Gasteiger partial charge in [0.2, 0.25) is 17.7 Å². The normalized spacial score (nSPS) is 10.1. The van der Waals surface area contributed by atoms with Crippen LogP contribution >= 0.6 is 0 Å². The number of nitrogens with one attached hydrogen (secondary N) is 3. The van der Waals surface area contributed by atoms with Crippen LogP contribution in [0.25, 0.3) is 0 Å². The molecule has 0 aliphatic carbocycles. The van der Waals surface area contributed by atoms with Crippen molar-refractivity contribution in [2.45, 2.75) is 32.6 Å². The minimum Gasteiger partial charge on any atom is -0.494 e. The van der Waals surface area contributed by atoms with Crippen LogP contribution in [-0.4, -0.2) is 29.8 Å². The first-order chi connectivity index (χ1) is 13.5. The SMILES string of the molecule is CCC(=O)Nc1ccc(NC(=O)CCCC(=O)Nc2ccccn2)cc1OC. The summed E-state index contributed by atoms with van der Waals surface area (Å²) in [7, 11) is 1.49. The van der Waals surface area contributed by atoms with Crippen LogP contribution in [0.2, 0.25) is 0 Å². The second-order valence-electron chi connectivity index (χ2n) is 5.98. The molecule has 0 aliphatic heterocycles. The molecule has 148 valence electrons. The van der Waals surface area contributed by atoms with Crippen molar-refractivity contribution in [1.29, 1.82) is 0 Å². The van der Waals surface area contributed by atoms with Gasteiger partial charge in [-0.3, -0.25) is 14.4 Å². The molecule has 0 saturated carbocycles. The maximum atomic E-state index is 12.1. The molecule has 0 radical (unpaired) electrons. The van der Waals surface area contributed by atoms with Gasteiger partial charge < -0.3 is 20.7 Å². The number of pyridine rings is 1. The predicted molar refractivity (Wildman–Crippen MR) is 107 cm³/mol. The Kier molecular flexibility index (Phi) is 7.95.